The lowest BCUT2D eigenvalue weighted by atomic mass is 10.0. The summed E-state index contributed by atoms with van der Waals surface area (Å²) in [6.45, 7) is 10.2. The second-order valence-corrected chi connectivity index (χ2v) is 6.60. The molecule has 0 bridgehead atoms. The van der Waals surface area contributed by atoms with E-state index in [-0.39, 0.29) is 6.29 Å². The zero-order valence-electron chi connectivity index (χ0n) is 16.3. The molecule has 0 aliphatic rings. The van der Waals surface area contributed by atoms with Crippen LogP contribution in [0.4, 0.5) is 0 Å². The highest BCUT2D eigenvalue weighted by Crippen LogP contribution is 2.13. The third-order valence-electron chi connectivity index (χ3n) is 4.45. The molecule has 0 saturated carbocycles. The summed E-state index contributed by atoms with van der Waals surface area (Å²) in [5.74, 6) is 0.907. The first-order chi connectivity index (χ1) is 11.2. The minimum absolute atomic E-state index is 0.0142. The maximum Gasteiger partial charge on any atom is 0.157 e. The Morgan fingerprint density at radius 2 is 1.22 bits per heavy atom. The Kier molecular flexibility index (Phi) is 17.7. The average Bonchev–Trinajstić information content (AvgIpc) is 2.55. The summed E-state index contributed by atoms with van der Waals surface area (Å²) >= 11 is 0. The van der Waals surface area contributed by atoms with E-state index < -0.39 is 0 Å². The summed E-state index contributed by atoms with van der Waals surface area (Å²) < 4.78 is 11.1. The number of ether oxygens (including phenoxy) is 2. The highest BCUT2D eigenvalue weighted by Gasteiger charge is 2.06. The predicted molar refractivity (Wildman–Crippen MR) is 102 cm³/mol. The summed E-state index contributed by atoms with van der Waals surface area (Å²) in [5, 5.41) is 0. The van der Waals surface area contributed by atoms with Crippen molar-refractivity contribution in [2.45, 2.75) is 105 Å². The van der Waals surface area contributed by atoms with Crippen LogP contribution in [0.3, 0.4) is 0 Å². The standard InChI is InChI=1S/C21H42O2/c1-5-20(4)18-16-14-12-10-8-9-11-13-15-17-19-21(22-6-2)23-7-3/h8,10,20-21H,5-7,9,11-19H2,1-4H3/b10-8+/t20-/m1/s1. The Morgan fingerprint density at radius 1 is 0.696 bits per heavy atom. The van der Waals surface area contributed by atoms with Crippen LogP contribution >= 0.6 is 0 Å². The maximum atomic E-state index is 5.56. The third-order valence-corrected chi connectivity index (χ3v) is 4.45. The minimum Gasteiger partial charge on any atom is -0.353 e. The van der Waals surface area contributed by atoms with E-state index >= 15 is 0 Å². The van der Waals surface area contributed by atoms with Gasteiger partial charge < -0.3 is 9.47 Å². The van der Waals surface area contributed by atoms with Crippen LogP contribution in [0.5, 0.6) is 0 Å². The van der Waals surface area contributed by atoms with Crippen molar-refractivity contribution in [1.82, 2.24) is 0 Å². The normalized spacial score (nSPS) is 13.3. The quantitative estimate of drug-likeness (QED) is 0.165. The van der Waals surface area contributed by atoms with Gasteiger partial charge in [0.1, 0.15) is 0 Å². The molecule has 0 aliphatic carbocycles. The van der Waals surface area contributed by atoms with Gasteiger partial charge >= 0.3 is 0 Å². The molecule has 23 heavy (non-hydrogen) atoms. The minimum atomic E-state index is 0.0142. The molecule has 0 amide bonds. The molecule has 0 heterocycles. The van der Waals surface area contributed by atoms with Crippen LogP contribution in [0, 0.1) is 5.92 Å². The molecule has 0 fully saturated rings. The first-order valence-corrected chi connectivity index (χ1v) is 10.1. The summed E-state index contributed by atoms with van der Waals surface area (Å²) in [6, 6.07) is 0. The van der Waals surface area contributed by atoms with Crippen molar-refractivity contribution in [1.29, 1.82) is 0 Å². The SMILES string of the molecule is CCOC(CCCCCC/C=C/CCCC[C@H](C)CC)OCC. The molecular weight excluding hydrogens is 284 g/mol. The Morgan fingerprint density at radius 3 is 1.78 bits per heavy atom. The molecule has 0 rings (SSSR count). The van der Waals surface area contributed by atoms with Gasteiger partial charge in [-0.3, -0.25) is 0 Å². The number of unbranched alkanes of at least 4 members (excludes halogenated alkanes) is 6. The summed E-state index contributed by atoms with van der Waals surface area (Å²) in [4.78, 5) is 0. The number of allylic oxidation sites excluding steroid dienone is 2. The van der Waals surface area contributed by atoms with Gasteiger partial charge in [0.15, 0.2) is 6.29 Å². The Labute approximate surface area is 146 Å². The van der Waals surface area contributed by atoms with Gasteiger partial charge in [0.05, 0.1) is 0 Å². The number of rotatable bonds is 17. The molecule has 0 N–H and O–H groups in total. The van der Waals surface area contributed by atoms with E-state index in [1.165, 1.54) is 64.2 Å². The summed E-state index contributed by atoms with van der Waals surface area (Å²) in [6.07, 6.45) is 18.9. The first-order valence-electron chi connectivity index (χ1n) is 10.1. The number of hydrogen-bond donors (Lipinski definition) is 0. The summed E-state index contributed by atoms with van der Waals surface area (Å²) in [7, 11) is 0. The van der Waals surface area contributed by atoms with E-state index in [0.29, 0.717) is 0 Å². The lowest BCUT2D eigenvalue weighted by Gasteiger charge is -2.16. The molecular formula is C21H42O2. The molecule has 2 heteroatoms. The smallest absolute Gasteiger partial charge is 0.157 e. The fourth-order valence-electron chi connectivity index (χ4n) is 2.71. The average molecular weight is 327 g/mol. The van der Waals surface area contributed by atoms with Crippen molar-refractivity contribution < 1.29 is 9.47 Å². The van der Waals surface area contributed by atoms with Gasteiger partial charge in [-0.25, -0.2) is 0 Å². The molecule has 0 saturated heterocycles. The molecule has 1 atom stereocenters. The largest absolute Gasteiger partial charge is 0.353 e. The molecule has 0 aliphatic heterocycles. The van der Waals surface area contributed by atoms with Crippen molar-refractivity contribution in [3.05, 3.63) is 12.2 Å². The zero-order chi connectivity index (χ0) is 17.2. The second-order valence-electron chi connectivity index (χ2n) is 6.60. The molecule has 2 nitrogen and oxygen atoms in total. The molecule has 0 spiro atoms. The Balaban J connectivity index is 3.33. The van der Waals surface area contributed by atoms with Gasteiger partial charge in [-0.2, -0.15) is 0 Å². The lowest BCUT2D eigenvalue weighted by Crippen LogP contribution is -2.17. The van der Waals surface area contributed by atoms with Gasteiger partial charge in [-0.1, -0.05) is 58.1 Å². The van der Waals surface area contributed by atoms with Crippen LogP contribution in [0.15, 0.2) is 12.2 Å². The van der Waals surface area contributed by atoms with E-state index in [9.17, 15) is 0 Å². The fraction of sp³-hybridized carbons (Fsp3) is 0.905. The van der Waals surface area contributed by atoms with Crippen LogP contribution in [0.25, 0.3) is 0 Å². The first kappa shape index (κ1) is 22.7. The van der Waals surface area contributed by atoms with Crippen LogP contribution in [0.2, 0.25) is 0 Å². The third kappa shape index (κ3) is 16.3. The van der Waals surface area contributed by atoms with Crippen molar-refractivity contribution in [3.8, 4) is 0 Å². The van der Waals surface area contributed by atoms with Crippen LogP contribution in [-0.4, -0.2) is 19.5 Å². The highest BCUT2D eigenvalue weighted by molar-refractivity contribution is 4.81. The maximum absolute atomic E-state index is 5.56. The predicted octanol–water partition coefficient (Wildman–Crippen LogP) is 6.89. The van der Waals surface area contributed by atoms with E-state index in [4.69, 9.17) is 9.47 Å². The van der Waals surface area contributed by atoms with Crippen molar-refractivity contribution in [2.24, 2.45) is 5.92 Å². The molecule has 0 aromatic heterocycles. The van der Waals surface area contributed by atoms with E-state index in [1.54, 1.807) is 0 Å². The van der Waals surface area contributed by atoms with E-state index in [1.807, 2.05) is 13.8 Å². The van der Waals surface area contributed by atoms with Crippen molar-refractivity contribution >= 4 is 0 Å². The Bertz CT molecular complexity index is 244. The van der Waals surface area contributed by atoms with E-state index in [0.717, 1.165) is 25.6 Å². The van der Waals surface area contributed by atoms with Crippen LogP contribution < -0.4 is 0 Å². The van der Waals surface area contributed by atoms with E-state index in [2.05, 4.69) is 26.0 Å². The van der Waals surface area contributed by atoms with Gasteiger partial charge in [-0.05, 0) is 58.3 Å². The fourth-order valence-corrected chi connectivity index (χ4v) is 2.71. The highest BCUT2D eigenvalue weighted by atomic mass is 16.7. The monoisotopic (exact) mass is 326 g/mol. The lowest BCUT2D eigenvalue weighted by molar-refractivity contribution is -0.140. The zero-order valence-corrected chi connectivity index (χ0v) is 16.3. The Hall–Kier alpha value is -0.340. The van der Waals surface area contributed by atoms with Crippen molar-refractivity contribution in [3.63, 3.8) is 0 Å². The summed E-state index contributed by atoms with van der Waals surface area (Å²) in [5.41, 5.74) is 0. The molecule has 0 unspecified atom stereocenters. The van der Waals surface area contributed by atoms with Crippen LogP contribution in [-0.2, 0) is 9.47 Å². The van der Waals surface area contributed by atoms with Gasteiger partial charge in [0.25, 0.3) is 0 Å². The molecule has 0 aromatic carbocycles. The molecule has 138 valence electrons. The van der Waals surface area contributed by atoms with Gasteiger partial charge in [0, 0.05) is 13.2 Å². The molecule has 0 radical (unpaired) electrons. The topological polar surface area (TPSA) is 18.5 Å². The number of hydrogen-bond acceptors (Lipinski definition) is 2. The van der Waals surface area contributed by atoms with Gasteiger partial charge in [0.2, 0.25) is 0 Å². The van der Waals surface area contributed by atoms with Crippen LogP contribution in [0.1, 0.15) is 98.3 Å². The van der Waals surface area contributed by atoms with Gasteiger partial charge in [-0.15, -0.1) is 0 Å². The molecule has 0 aromatic rings. The second kappa shape index (κ2) is 18.0. The van der Waals surface area contributed by atoms with Crippen molar-refractivity contribution in [2.75, 3.05) is 13.2 Å².